The Balaban J connectivity index is 2.26. The van der Waals surface area contributed by atoms with Crippen molar-refractivity contribution in [1.82, 2.24) is 4.31 Å². The van der Waals surface area contributed by atoms with Crippen LogP contribution in [-0.2, 0) is 10.0 Å². The molecule has 4 nitrogen and oxygen atoms in total. The minimum Gasteiger partial charge on any atom is -0.262 e. The number of amidine groups is 1. The third-order valence-corrected chi connectivity index (χ3v) is 3.84. The van der Waals surface area contributed by atoms with Crippen molar-refractivity contribution in [2.75, 3.05) is 12.8 Å². The van der Waals surface area contributed by atoms with Crippen LogP contribution in [-0.4, -0.2) is 31.4 Å². The molecule has 5 heteroatoms. The molecule has 0 bridgehead atoms. The summed E-state index contributed by atoms with van der Waals surface area (Å²) in [4.78, 5) is 4.37. The third-order valence-electron chi connectivity index (χ3n) is 2.63. The first kappa shape index (κ1) is 11.1. The second-order valence-electron chi connectivity index (χ2n) is 3.90. The fourth-order valence-corrected chi connectivity index (χ4v) is 2.79. The maximum absolute atomic E-state index is 11.5. The summed E-state index contributed by atoms with van der Waals surface area (Å²) in [6.45, 7) is 2.14. The van der Waals surface area contributed by atoms with Crippen molar-refractivity contribution < 1.29 is 8.42 Å². The van der Waals surface area contributed by atoms with Crippen molar-refractivity contribution >= 4 is 15.9 Å². The molecule has 16 heavy (non-hydrogen) atoms. The largest absolute Gasteiger partial charge is 0.262 e. The highest BCUT2D eigenvalue weighted by Crippen LogP contribution is 2.25. The van der Waals surface area contributed by atoms with Crippen LogP contribution in [0.2, 0.25) is 0 Å². The molecule has 0 fully saturated rings. The Hall–Kier alpha value is -1.36. The minimum absolute atomic E-state index is 0.0732. The van der Waals surface area contributed by atoms with Crippen molar-refractivity contribution in [2.24, 2.45) is 4.99 Å². The molecule has 0 radical (unpaired) electrons. The molecule has 0 aromatic heterocycles. The van der Waals surface area contributed by atoms with E-state index < -0.39 is 10.0 Å². The molecule has 1 aliphatic rings. The Morgan fingerprint density at radius 1 is 1.31 bits per heavy atom. The van der Waals surface area contributed by atoms with Crippen LogP contribution in [0.5, 0.6) is 0 Å². The van der Waals surface area contributed by atoms with E-state index in [1.807, 2.05) is 30.3 Å². The second-order valence-corrected chi connectivity index (χ2v) is 5.80. The number of nitrogens with zero attached hydrogens (tertiary/aromatic N) is 2. The van der Waals surface area contributed by atoms with Gasteiger partial charge in [-0.25, -0.2) is 8.42 Å². The van der Waals surface area contributed by atoms with E-state index >= 15 is 0 Å². The van der Waals surface area contributed by atoms with E-state index in [1.54, 1.807) is 6.92 Å². The summed E-state index contributed by atoms with van der Waals surface area (Å²) in [5, 5.41) is 0. The van der Waals surface area contributed by atoms with E-state index in [4.69, 9.17) is 0 Å². The molecule has 1 atom stereocenters. The van der Waals surface area contributed by atoms with Gasteiger partial charge in [-0.1, -0.05) is 30.3 Å². The summed E-state index contributed by atoms with van der Waals surface area (Å²) in [6.07, 6.45) is 1.21. The maximum atomic E-state index is 11.5. The van der Waals surface area contributed by atoms with E-state index in [0.29, 0.717) is 12.4 Å². The lowest BCUT2D eigenvalue weighted by molar-refractivity contribution is 0.525. The van der Waals surface area contributed by atoms with Gasteiger partial charge in [0.25, 0.3) is 0 Å². The Bertz CT molecular complexity index is 508. The first-order valence-corrected chi connectivity index (χ1v) is 6.90. The van der Waals surface area contributed by atoms with Crippen LogP contribution in [0, 0.1) is 0 Å². The summed E-state index contributed by atoms with van der Waals surface area (Å²) in [7, 11) is -3.19. The zero-order chi connectivity index (χ0) is 11.8. The highest BCUT2D eigenvalue weighted by atomic mass is 32.2. The zero-order valence-corrected chi connectivity index (χ0v) is 10.1. The monoisotopic (exact) mass is 238 g/mol. The summed E-state index contributed by atoms with van der Waals surface area (Å²) < 4.78 is 24.3. The quantitative estimate of drug-likeness (QED) is 0.782. The van der Waals surface area contributed by atoms with Gasteiger partial charge in [0.05, 0.1) is 18.8 Å². The Morgan fingerprint density at radius 3 is 2.44 bits per heavy atom. The highest BCUT2D eigenvalue weighted by molar-refractivity contribution is 7.88. The second kappa shape index (κ2) is 3.90. The normalized spacial score (nSPS) is 21.0. The van der Waals surface area contributed by atoms with E-state index in [0.717, 1.165) is 5.56 Å². The Kier molecular flexibility index (Phi) is 2.71. The van der Waals surface area contributed by atoms with Crippen molar-refractivity contribution in [3.63, 3.8) is 0 Å². The van der Waals surface area contributed by atoms with Gasteiger partial charge >= 0.3 is 0 Å². The van der Waals surface area contributed by atoms with Crippen LogP contribution in [0.3, 0.4) is 0 Å². The van der Waals surface area contributed by atoms with Crippen LogP contribution >= 0.6 is 0 Å². The third kappa shape index (κ3) is 2.09. The standard InChI is InChI=1S/C11H14N2O2S/c1-9-12-11(8-13(9)16(2,14)15)10-6-4-3-5-7-10/h3-7,11H,8H2,1-2H3/t11-/m1/s1. The van der Waals surface area contributed by atoms with E-state index in [9.17, 15) is 8.42 Å². The molecular weight excluding hydrogens is 224 g/mol. The minimum atomic E-state index is -3.19. The Labute approximate surface area is 95.7 Å². The lowest BCUT2D eigenvalue weighted by Gasteiger charge is -2.16. The number of rotatable bonds is 2. The average molecular weight is 238 g/mol. The van der Waals surface area contributed by atoms with Gasteiger partial charge < -0.3 is 0 Å². The molecule has 2 rings (SSSR count). The lowest BCUT2D eigenvalue weighted by atomic mass is 10.1. The van der Waals surface area contributed by atoms with Crippen molar-refractivity contribution in [2.45, 2.75) is 13.0 Å². The van der Waals surface area contributed by atoms with Gasteiger partial charge in [-0.05, 0) is 12.5 Å². The van der Waals surface area contributed by atoms with Crippen LogP contribution in [0.15, 0.2) is 35.3 Å². The predicted molar refractivity (Wildman–Crippen MR) is 63.8 cm³/mol. The molecule has 0 aliphatic carbocycles. The number of benzene rings is 1. The first-order chi connectivity index (χ1) is 7.48. The fraction of sp³-hybridized carbons (Fsp3) is 0.364. The van der Waals surface area contributed by atoms with E-state index in [1.165, 1.54) is 10.6 Å². The summed E-state index contributed by atoms with van der Waals surface area (Å²) in [6, 6.07) is 9.66. The molecule has 0 amide bonds. The molecule has 0 unspecified atom stereocenters. The fourth-order valence-electron chi connectivity index (χ4n) is 1.85. The molecular formula is C11H14N2O2S. The first-order valence-electron chi connectivity index (χ1n) is 5.05. The molecule has 1 aliphatic heterocycles. The highest BCUT2D eigenvalue weighted by Gasteiger charge is 2.29. The molecule has 0 saturated carbocycles. The molecule has 0 N–H and O–H groups in total. The van der Waals surface area contributed by atoms with Crippen molar-refractivity contribution in [1.29, 1.82) is 0 Å². The molecule has 86 valence electrons. The SMILES string of the molecule is CC1=N[C@@H](c2ccccc2)CN1S(C)(=O)=O. The number of hydrogen-bond donors (Lipinski definition) is 0. The van der Waals surface area contributed by atoms with Gasteiger partial charge in [-0.3, -0.25) is 9.30 Å². The molecule has 0 spiro atoms. The molecule has 1 aromatic rings. The molecule has 0 saturated heterocycles. The lowest BCUT2D eigenvalue weighted by Crippen LogP contribution is -2.32. The van der Waals surface area contributed by atoms with Crippen LogP contribution in [0.1, 0.15) is 18.5 Å². The van der Waals surface area contributed by atoms with E-state index in [-0.39, 0.29) is 6.04 Å². The van der Waals surface area contributed by atoms with Gasteiger partial charge in [-0.2, -0.15) is 0 Å². The van der Waals surface area contributed by atoms with Crippen molar-refractivity contribution in [3.05, 3.63) is 35.9 Å². The maximum Gasteiger partial charge on any atom is 0.233 e. The summed E-state index contributed by atoms with van der Waals surface area (Å²) >= 11 is 0. The van der Waals surface area contributed by atoms with Crippen LogP contribution in [0.4, 0.5) is 0 Å². The topological polar surface area (TPSA) is 49.7 Å². The van der Waals surface area contributed by atoms with Crippen LogP contribution in [0.25, 0.3) is 0 Å². The number of sulfonamides is 1. The van der Waals surface area contributed by atoms with Crippen LogP contribution < -0.4 is 0 Å². The Morgan fingerprint density at radius 2 is 1.94 bits per heavy atom. The summed E-state index contributed by atoms with van der Waals surface area (Å²) in [5.41, 5.74) is 1.05. The zero-order valence-electron chi connectivity index (χ0n) is 9.29. The summed E-state index contributed by atoms with van der Waals surface area (Å²) in [5.74, 6) is 0.566. The number of aliphatic imine (C=N–C) groups is 1. The van der Waals surface area contributed by atoms with Gasteiger partial charge in [-0.15, -0.1) is 0 Å². The van der Waals surface area contributed by atoms with Gasteiger partial charge in [0.15, 0.2) is 0 Å². The van der Waals surface area contributed by atoms with E-state index in [2.05, 4.69) is 4.99 Å². The van der Waals surface area contributed by atoms with Crippen molar-refractivity contribution in [3.8, 4) is 0 Å². The van der Waals surface area contributed by atoms with Gasteiger partial charge in [0, 0.05) is 0 Å². The van der Waals surface area contributed by atoms with Gasteiger partial charge in [0.2, 0.25) is 10.0 Å². The molecule has 1 aromatic carbocycles. The predicted octanol–water partition coefficient (Wildman–Crippen LogP) is 1.42. The average Bonchev–Trinajstić information content (AvgIpc) is 2.61. The molecule has 1 heterocycles. The smallest absolute Gasteiger partial charge is 0.233 e. The number of hydrogen-bond acceptors (Lipinski definition) is 3. The van der Waals surface area contributed by atoms with Gasteiger partial charge in [0.1, 0.15) is 5.84 Å².